The summed E-state index contributed by atoms with van der Waals surface area (Å²) in [6, 6.07) is 32.4. The van der Waals surface area contributed by atoms with Gasteiger partial charge in [-0.25, -0.2) is 14.2 Å². The molecule has 4 aliphatic heterocycles. The Balaban J connectivity index is 0.000000176. The van der Waals surface area contributed by atoms with Crippen molar-refractivity contribution in [2.24, 2.45) is 0 Å². The van der Waals surface area contributed by atoms with E-state index in [0.29, 0.717) is 37.6 Å². The lowest BCUT2D eigenvalue weighted by molar-refractivity contribution is -0.118. The Morgan fingerprint density at radius 1 is 0.560 bits per heavy atom. The number of likely N-dealkylation sites (tertiary alicyclic amines) is 1. The lowest BCUT2D eigenvalue weighted by atomic mass is 9.82. The number of piperidine rings is 2. The van der Waals surface area contributed by atoms with Gasteiger partial charge in [0, 0.05) is 61.0 Å². The number of amides is 1. The van der Waals surface area contributed by atoms with Gasteiger partial charge in [-0.1, -0.05) is 84.3 Å². The van der Waals surface area contributed by atoms with Crippen molar-refractivity contribution in [3.05, 3.63) is 231 Å². The van der Waals surface area contributed by atoms with Gasteiger partial charge in [-0.05, 0) is 215 Å². The fourth-order valence-electron chi connectivity index (χ4n) is 9.49. The van der Waals surface area contributed by atoms with Crippen molar-refractivity contribution >= 4 is 28.8 Å². The number of tetrazole rings is 2. The average Bonchev–Trinajstić information content (AvgIpc) is 3.73. The molecule has 0 radical (unpaired) electrons. The van der Waals surface area contributed by atoms with Crippen molar-refractivity contribution in [1.82, 2.24) is 50.6 Å². The smallest absolute Gasteiger partial charge is 0.410 e. The van der Waals surface area contributed by atoms with Crippen LogP contribution in [-0.4, -0.2) is 106 Å². The molecule has 16 nitrogen and oxygen atoms in total. The van der Waals surface area contributed by atoms with Gasteiger partial charge in [0.25, 0.3) is 0 Å². The normalized spacial score (nSPS) is 14.2. The predicted molar refractivity (Wildman–Crippen MR) is 315 cm³/mol. The maximum atomic E-state index is 12.6. The van der Waals surface area contributed by atoms with Crippen molar-refractivity contribution in [3.8, 4) is 34.3 Å². The third-order valence-electron chi connectivity index (χ3n) is 13.1. The van der Waals surface area contributed by atoms with Crippen LogP contribution in [-0.2, 0) is 27.4 Å². The van der Waals surface area contributed by atoms with E-state index in [1.807, 2.05) is 87.5 Å². The number of benzene rings is 4. The second-order valence-corrected chi connectivity index (χ2v) is 20.5. The number of ether oxygens (including phenoxy) is 3. The number of hydrogen-bond donors (Lipinski definition) is 1. The number of Topliss-reactive ketones (excluding diaryl/α,β-unsaturated/α-hetero) is 2. The molecule has 4 aliphatic rings. The minimum absolute atomic E-state index is 0.00798. The first-order valence-corrected chi connectivity index (χ1v) is 26.9. The van der Waals surface area contributed by atoms with Crippen LogP contribution in [0.5, 0.6) is 11.5 Å². The van der Waals surface area contributed by atoms with Crippen molar-refractivity contribution in [3.63, 3.8) is 0 Å². The molecule has 0 unspecified atom stereocenters. The molecule has 4 aromatic carbocycles. The number of para-hydroxylation sites is 2. The van der Waals surface area contributed by atoms with E-state index in [2.05, 4.69) is 178 Å². The number of carbonyl (C=O) groups is 3. The lowest BCUT2D eigenvalue weighted by Gasteiger charge is -2.43. The molecule has 0 bridgehead atoms. The summed E-state index contributed by atoms with van der Waals surface area (Å²) in [5.41, 5.74) is 43.6. The minimum Gasteiger partial charge on any atom is -0.482 e. The van der Waals surface area contributed by atoms with Crippen LogP contribution in [0.2, 0.25) is 0 Å². The highest BCUT2D eigenvalue weighted by Gasteiger charge is 2.41. The summed E-state index contributed by atoms with van der Waals surface area (Å²) in [6.07, 6.45) is 7.36. The van der Waals surface area contributed by atoms with Crippen LogP contribution in [0.1, 0.15) is 82.6 Å². The molecular formula is C68H58N10O6. The third-order valence-corrected chi connectivity index (χ3v) is 13.1. The number of ketones is 2. The largest absolute Gasteiger partial charge is 0.482 e. The first-order valence-electron chi connectivity index (χ1n) is 26.9. The van der Waals surface area contributed by atoms with E-state index in [1.54, 1.807) is 9.58 Å². The third kappa shape index (κ3) is 15.9. The number of carbonyl (C=O) groups excluding carboxylic acids is 3. The van der Waals surface area contributed by atoms with Crippen molar-refractivity contribution < 1.29 is 28.6 Å². The van der Waals surface area contributed by atoms with Gasteiger partial charge in [0.2, 0.25) is 0 Å². The molecule has 16 heteroatoms. The number of nitrogens with one attached hydrogen (secondary N) is 1. The summed E-state index contributed by atoms with van der Waals surface area (Å²) in [6.45, 7) is 18.5. The van der Waals surface area contributed by atoms with Gasteiger partial charge in [-0.15, -0.1) is 10.2 Å². The standard InChI is InChI=1S/C28H31N5O4.C23H23N5O2.C17H4/c1-19(34)18-33-25(29-30-31-33)21-9-7-8-20(16-21)23-17-28(36-24-11-6-5-10-22(23)24)12-14-32(15-13-28)26(35)37-27(2,3)4;1-16(29)15-28-22(25-26-27-28)18-6-4-5-17(13-18)20-14-23(9-11-24-12-10-23)30-21-8-3-2-7-19(20)21;1-3-5-7-9-11-13-15-17-16-14-12-10-8-6-4-2/h5-11,16-17H,12-15,18H2,1-4H3;2-8,13-14,24H,9-12,15H2,1H3;1-2H2. The average molecular weight is 1110 g/mol. The van der Waals surface area contributed by atoms with Crippen LogP contribution in [0, 0.1) is 0 Å². The molecule has 84 heavy (non-hydrogen) atoms. The van der Waals surface area contributed by atoms with Crippen molar-refractivity contribution in [1.29, 1.82) is 0 Å². The van der Waals surface area contributed by atoms with E-state index >= 15 is 0 Å². The lowest BCUT2D eigenvalue weighted by Crippen LogP contribution is -2.50. The summed E-state index contributed by atoms with van der Waals surface area (Å²) in [7, 11) is 0. The summed E-state index contributed by atoms with van der Waals surface area (Å²) >= 11 is 0. The number of fused-ring (bicyclic) bond motifs is 2. The second-order valence-electron chi connectivity index (χ2n) is 20.5. The number of hydrogen-bond acceptors (Lipinski definition) is 13. The molecule has 10 rings (SSSR count). The molecule has 6 heterocycles. The van der Waals surface area contributed by atoms with Gasteiger partial charge in [0.1, 0.15) is 41.4 Å². The minimum atomic E-state index is -0.533. The van der Waals surface area contributed by atoms with E-state index < -0.39 is 11.2 Å². The highest BCUT2D eigenvalue weighted by Crippen LogP contribution is 2.45. The Morgan fingerprint density at radius 3 is 1.36 bits per heavy atom. The Bertz CT molecular complexity index is 4100. The Morgan fingerprint density at radius 2 is 0.952 bits per heavy atom. The molecule has 0 aliphatic carbocycles. The van der Waals surface area contributed by atoms with Gasteiger partial charge < -0.3 is 24.4 Å². The van der Waals surface area contributed by atoms with E-state index in [4.69, 9.17) is 14.2 Å². The molecule has 0 atom stereocenters. The molecule has 2 saturated heterocycles. The zero-order valence-electron chi connectivity index (χ0n) is 47.4. The summed E-state index contributed by atoms with van der Waals surface area (Å²) in [5, 5.41) is 27.2. The fourth-order valence-corrected chi connectivity index (χ4v) is 9.49. The second kappa shape index (κ2) is 28.0. The quantitative estimate of drug-likeness (QED) is 0.142. The van der Waals surface area contributed by atoms with E-state index in [0.717, 1.165) is 82.0 Å². The Labute approximate surface area is 487 Å². The number of rotatable bonds is 8. The van der Waals surface area contributed by atoms with Gasteiger partial charge in [0.15, 0.2) is 23.2 Å². The monoisotopic (exact) mass is 1110 g/mol. The number of nitrogens with zero attached hydrogens (tertiary/aromatic N) is 9. The highest BCUT2D eigenvalue weighted by molar-refractivity contribution is 5.87. The predicted octanol–water partition coefficient (Wildman–Crippen LogP) is 10.5. The van der Waals surface area contributed by atoms with Crippen LogP contribution in [0.25, 0.3) is 33.9 Å². The molecule has 2 aromatic heterocycles. The first kappa shape index (κ1) is 59.2. The molecule has 1 amide bonds. The van der Waals surface area contributed by atoms with E-state index in [1.165, 1.54) is 18.5 Å². The molecule has 6 aromatic rings. The summed E-state index contributed by atoms with van der Waals surface area (Å²) in [4.78, 5) is 37.6. The molecule has 2 fully saturated rings. The summed E-state index contributed by atoms with van der Waals surface area (Å²) < 4.78 is 21.7. The van der Waals surface area contributed by atoms with Gasteiger partial charge >= 0.3 is 6.09 Å². The SMILES string of the molecule is C=C=C=C=C=C=C=C=C=C=C=C=C=C=C=C=C.CC(=O)Cn1nnnc1-c1cccc(C2=CC3(CCN(C(=O)OC(C)(C)C)CC3)Oc3ccccc32)c1.CC(=O)Cn1nnnc1-c1cccc(C2=CC3(CCNCC3)Oc3ccccc32)c1. The Kier molecular flexibility index (Phi) is 19.7. The van der Waals surface area contributed by atoms with Gasteiger partial charge in [0.05, 0.1) is 0 Å². The topological polar surface area (TPSA) is 181 Å². The van der Waals surface area contributed by atoms with Gasteiger partial charge in [-0.3, -0.25) is 9.59 Å². The van der Waals surface area contributed by atoms with Crippen LogP contribution in [0.3, 0.4) is 0 Å². The van der Waals surface area contributed by atoms with Crippen LogP contribution < -0.4 is 14.8 Å². The van der Waals surface area contributed by atoms with Gasteiger partial charge in [-0.2, -0.15) is 0 Å². The van der Waals surface area contributed by atoms with Crippen molar-refractivity contribution in [2.75, 3.05) is 26.2 Å². The highest BCUT2D eigenvalue weighted by atomic mass is 16.6. The molecular weight excluding hydrogens is 1050 g/mol. The number of aromatic nitrogens is 8. The fraction of sp³-hybridized carbons (Fsp3) is 0.265. The maximum Gasteiger partial charge on any atom is 0.410 e. The molecule has 416 valence electrons. The van der Waals surface area contributed by atoms with Crippen LogP contribution >= 0.6 is 0 Å². The zero-order chi connectivity index (χ0) is 59.4. The van der Waals surface area contributed by atoms with Crippen molar-refractivity contribution in [2.45, 2.75) is 90.2 Å². The molecule has 2 spiro atoms. The Hall–Kier alpha value is -10.9. The first-order chi connectivity index (χ1) is 40.7. The van der Waals surface area contributed by atoms with E-state index in [-0.39, 0.29) is 36.4 Å². The molecule has 1 N–H and O–H groups in total. The van der Waals surface area contributed by atoms with Crippen LogP contribution in [0.4, 0.5) is 4.79 Å². The van der Waals surface area contributed by atoms with E-state index in [9.17, 15) is 14.4 Å². The van der Waals surface area contributed by atoms with Crippen LogP contribution in [0.15, 0.2) is 208 Å². The summed E-state index contributed by atoms with van der Waals surface area (Å²) in [5.74, 6) is 2.85. The molecule has 0 saturated carbocycles. The maximum absolute atomic E-state index is 12.6. The zero-order valence-corrected chi connectivity index (χ0v) is 47.4.